The summed E-state index contributed by atoms with van der Waals surface area (Å²) in [5.41, 5.74) is 2.21. The number of hydrogen-bond donors (Lipinski definition) is 2. The minimum Gasteiger partial charge on any atom is -0.343 e. The average Bonchev–Trinajstić information content (AvgIpc) is 2.96. The maximum absolute atomic E-state index is 13.3. The largest absolute Gasteiger partial charge is 0.343 e. The normalized spacial score (nSPS) is 15.1. The lowest BCUT2D eigenvalue weighted by atomic mass is 10.2. The van der Waals surface area contributed by atoms with E-state index in [1.807, 2.05) is 0 Å². The van der Waals surface area contributed by atoms with Crippen molar-refractivity contribution >= 4 is 11.8 Å². The van der Waals surface area contributed by atoms with Crippen LogP contribution >= 0.6 is 0 Å². The van der Waals surface area contributed by atoms with Crippen LogP contribution in [0.25, 0.3) is 0 Å². The first-order valence-electron chi connectivity index (χ1n) is 6.64. The molecule has 2 N–H and O–H groups in total. The second-order valence-electron chi connectivity index (χ2n) is 4.71. The second-order valence-corrected chi connectivity index (χ2v) is 4.71. The van der Waals surface area contributed by atoms with Crippen LogP contribution < -0.4 is 10.8 Å². The van der Waals surface area contributed by atoms with Crippen molar-refractivity contribution in [3.05, 3.63) is 35.6 Å². The third-order valence-electron chi connectivity index (χ3n) is 3.17. The van der Waals surface area contributed by atoms with Crippen LogP contribution in [0, 0.1) is 5.82 Å². The van der Waals surface area contributed by atoms with E-state index >= 15 is 0 Å². The Labute approximate surface area is 116 Å². The van der Waals surface area contributed by atoms with Crippen molar-refractivity contribution in [2.75, 3.05) is 6.54 Å². The van der Waals surface area contributed by atoms with Crippen LogP contribution in [0.4, 0.5) is 4.39 Å². The van der Waals surface area contributed by atoms with E-state index in [-0.39, 0.29) is 18.2 Å². The standard InChI is InChI=1S/C14H17FN2O3/c15-12-8-4-3-7-11(12)14(19)16-9-13(18)17-20-10-5-1-2-6-10/h3-4,7-8,10H,1-2,5-6,9H2,(H,16,19)(H,17,18). The summed E-state index contributed by atoms with van der Waals surface area (Å²) in [5.74, 6) is -1.70. The summed E-state index contributed by atoms with van der Waals surface area (Å²) in [5, 5.41) is 2.34. The summed E-state index contributed by atoms with van der Waals surface area (Å²) in [6.45, 7) is -0.250. The van der Waals surface area contributed by atoms with Gasteiger partial charge in [0.2, 0.25) is 0 Å². The Hall–Kier alpha value is -1.95. The first-order valence-corrected chi connectivity index (χ1v) is 6.64. The van der Waals surface area contributed by atoms with Gasteiger partial charge in [-0.3, -0.25) is 14.4 Å². The van der Waals surface area contributed by atoms with E-state index in [1.165, 1.54) is 18.2 Å². The Kier molecular flexibility index (Phi) is 5.06. The van der Waals surface area contributed by atoms with Crippen LogP contribution in [0.3, 0.4) is 0 Å². The SMILES string of the molecule is O=C(CNC(=O)c1ccccc1F)NOC1CCCC1. The number of carbonyl (C=O) groups excluding carboxylic acids is 2. The van der Waals surface area contributed by atoms with Crippen molar-refractivity contribution in [3.63, 3.8) is 0 Å². The molecule has 0 spiro atoms. The molecule has 0 bridgehead atoms. The van der Waals surface area contributed by atoms with E-state index in [4.69, 9.17) is 4.84 Å². The topological polar surface area (TPSA) is 67.4 Å². The van der Waals surface area contributed by atoms with E-state index < -0.39 is 17.6 Å². The molecule has 1 aliphatic carbocycles. The molecule has 20 heavy (non-hydrogen) atoms. The monoisotopic (exact) mass is 280 g/mol. The van der Waals surface area contributed by atoms with E-state index in [1.54, 1.807) is 6.07 Å². The Balaban J connectivity index is 1.72. The highest BCUT2D eigenvalue weighted by molar-refractivity contribution is 5.96. The molecule has 0 saturated heterocycles. The molecule has 1 fully saturated rings. The van der Waals surface area contributed by atoms with Crippen molar-refractivity contribution in [2.45, 2.75) is 31.8 Å². The van der Waals surface area contributed by atoms with Crippen molar-refractivity contribution in [1.29, 1.82) is 0 Å². The maximum atomic E-state index is 13.3. The Bertz CT molecular complexity index is 487. The molecule has 0 atom stereocenters. The van der Waals surface area contributed by atoms with Gasteiger partial charge in [0.1, 0.15) is 5.82 Å². The highest BCUT2D eigenvalue weighted by Crippen LogP contribution is 2.19. The summed E-state index contributed by atoms with van der Waals surface area (Å²) in [6, 6.07) is 5.60. The summed E-state index contributed by atoms with van der Waals surface area (Å²) in [7, 11) is 0. The van der Waals surface area contributed by atoms with Crippen LogP contribution in [-0.4, -0.2) is 24.5 Å². The summed E-state index contributed by atoms with van der Waals surface area (Å²) >= 11 is 0. The third-order valence-corrected chi connectivity index (χ3v) is 3.17. The van der Waals surface area contributed by atoms with Gasteiger partial charge in [0, 0.05) is 0 Å². The fraction of sp³-hybridized carbons (Fsp3) is 0.429. The first-order chi connectivity index (χ1) is 9.66. The Morgan fingerprint density at radius 3 is 2.65 bits per heavy atom. The lowest BCUT2D eigenvalue weighted by Gasteiger charge is -2.11. The number of nitrogens with one attached hydrogen (secondary N) is 2. The number of halogens is 1. The van der Waals surface area contributed by atoms with Gasteiger partial charge < -0.3 is 5.32 Å². The van der Waals surface area contributed by atoms with Crippen molar-refractivity contribution in [2.24, 2.45) is 0 Å². The fourth-order valence-corrected chi connectivity index (χ4v) is 2.09. The summed E-state index contributed by atoms with van der Waals surface area (Å²) in [4.78, 5) is 28.3. The van der Waals surface area contributed by atoms with Crippen LogP contribution in [0.1, 0.15) is 36.0 Å². The molecule has 0 aromatic heterocycles. The molecule has 5 nitrogen and oxygen atoms in total. The molecule has 2 amide bonds. The fourth-order valence-electron chi connectivity index (χ4n) is 2.09. The molecule has 1 aromatic rings. The van der Waals surface area contributed by atoms with Crippen LogP contribution in [0.15, 0.2) is 24.3 Å². The zero-order valence-corrected chi connectivity index (χ0v) is 11.0. The molecule has 108 valence electrons. The molecule has 0 aliphatic heterocycles. The Morgan fingerprint density at radius 2 is 1.95 bits per heavy atom. The zero-order chi connectivity index (χ0) is 14.4. The summed E-state index contributed by atoms with van der Waals surface area (Å²) < 4.78 is 13.3. The first kappa shape index (κ1) is 14.5. The predicted octanol–water partition coefficient (Wildman–Crippen LogP) is 1.55. The number of rotatable bonds is 5. The predicted molar refractivity (Wildman–Crippen MR) is 70.2 cm³/mol. The molecule has 0 radical (unpaired) electrons. The van der Waals surface area contributed by atoms with E-state index in [9.17, 15) is 14.0 Å². The Morgan fingerprint density at radius 1 is 1.25 bits per heavy atom. The molecule has 1 saturated carbocycles. The van der Waals surface area contributed by atoms with Gasteiger partial charge in [0.25, 0.3) is 11.8 Å². The highest BCUT2D eigenvalue weighted by Gasteiger charge is 2.17. The summed E-state index contributed by atoms with van der Waals surface area (Å²) in [6.07, 6.45) is 4.12. The van der Waals surface area contributed by atoms with Gasteiger partial charge in [-0.25, -0.2) is 9.87 Å². The van der Waals surface area contributed by atoms with Gasteiger partial charge in [-0.05, 0) is 25.0 Å². The van der Waals surface area contributed by atoms with E-state index in [0.717, 1.165) is 25.7 Å². The quantitative estimate of drug-likeness (QED) is 0.804. The molecular formula is C14H17FN2O3. The second kappa shape index (κ2) is 7.00. The van der Waals surface area contributed by atoms with E-state index in [0.29, 0.717) is 0 Å². The maximum Gasteiger partial charge on any atom is 0.262 e. The minimum atomic E-state index is -0.626. The molecular weight excluding hydrogens is 263 g/mol. The number of hydroxylamine groups is 1. The van der Waals surface area contributed by atoms with E-state index in [2.05, 4.69) is 10.8 Å². The molecule has 6 heteroatoms. The number of carbonyl (C=O) groups is 2. The molecule has 0 heterocycles. The lowest BCUT2D eigenvalue weighted by Crippen LogP contribution is -2.38. The minimum absolute atomic E-state index is 0.0567. The van der Waals surface area contributed by atoms with Crippen LogP contribution in [-0.2, 0) is 9.63 Å². The van der Waals surface area contributed by atoms with Gasteiger partial charge in [-0.2, -0.15) is 0 Å². The van der Waals surface area contributed by atoms with Gasteiger partial charge in [0.15, 0.2) is 0 Å². The number of hydrogen-bond acceptors (Lipinski definition) is 3. The molecule has 2 rings (SSSR count). The number of benzene rings is 1. The van der Waals surface area contributed by atoms with Gasteiger partial charge in [-0.15, -0.1) is 0 Å². The molecule has 0 unspecified atom stereocenters. The van der Waals surface area contributed by atoms with Gasteiger partial charge >= 0.3 is 0 Å². The average molecular weight is 280 g/mol. The van der Waals surface area contributed by atoms with Crippen molar-refractivity contribution in [3.8, 4) is 0 Å². The van der Waals surface area contributed by atoms with Crippen molar-refractivity contribution in [1.82, 2.24) is 10.8 Å². The number of amides is 2. The van der Waals surface area contributed by atoms with Crippen LogP contribution in [0.2, 0.25) is 0 Å². The van der Waals surface area contributed by atoms with Gasteiger partial charge in [-0.1, -0.05) is 25.0 Å². The van der Waals surface area contributed by atoms with Crippen LogP contribution in [0.5, 0.6) is 0 Å². The smallest absolute Gasteiger partial charge is 0.262 e. The molecule has 1 aromatic carbocycles. The van der Waals surface area contributed by atoms with Crippen molar-refractivity contribution < 1.29 is 18.8 Å². The van der Waals surface area contributed by atoms with Gasteiger partial charge in [0.05, 0.1) is 18.2 Å². The molecule has 1 aliphatic rings. The third kappa shape index (κ3) is 4.03. The lowest BCUT2D eigenvalue weighted by molar-refractivity contribution is -0.137. The zero-order valence-electron chi connectivity index (χ0n) is 11.0. The highest BCUT2D eigenvalue weighted by atomic mass is 19.1.